The second kappa shape index (κ2) is 5.11. The van der Waals surface area contributed by atoms with Crippen LogP contribution in [0.15, 0.2) is 17.0 Å². The Balaban J connectivity index is 1.97. The number of ether oxygens (including phenoxy) is 2. The molecule has 7 heteroatoms. The van der Waals surface area contributed by atoms with Gasteiger partial charge in [0, 0.05) is 25.2 Å². The summed E-state index contributed by atoms with van der Waals surface area (Å²) in [6, 6.07) is 3.29. The van der Waals surface area contributed by atoms with Gasteiger partial charge in [-0.1, -0.05) is 13.8 Å². The Morgan fingerprint density at radius 2 is 1.91 bits per heavy atom. The van der Waals surface area contributed by atoms with Crippen LogP contribution < -0.4 is 15.2 Å². The third-order valence-electron chi connectivity index (χ3n) is 4.57. The maximum atomic E-state index is 13.0. The number of sulfonamides is 1. The van der Waals surface area contributed by atoms with Crippen molar-refractivity contribution in [2.24, 2.45) is 11.1 Å². The predicted molar refractivity (Wildman–Crippen MR) is 82.4 cm³/mol. The fourth-order valence-corrected chi connectivity index (χ4v) is 4.82. The summed E-state index contributed by atoms with van der Waals surface area (Å²) in [5, 5.41) is 0. The molecule has 2 aliphatic rings. The SMILES string of the molecule is Cc1cc2c(cc1S(=O)(=O)N1CCC(N)C(C)(C)C1)OCO2. The van der Waals surface area contributed by atoms with Gasteiger partial charge in [-0.05, 0) is 30.4 Å². The zero-order valence-corrected chi connectivity index (χ0v) is 13.9. The summed E-state index contributed by atoms with van der Waals surface area (Å²) in [6.07, 6.45) is 0.663. The van der Waals surface area contributed by atoms with Crippen LogP contribution in [-0.2, 0) is 10.0 Å². The Hall–Kier alpha value is -1.31. The number of hydrogen-bond acceptors (Lipinski definition) is 5. The Labute approximate surface area is 131 Å². The number of fused-ring (bicyclic) bond motifs is 1. The van der Waals surface area contributed by atoms with Gasteiger partial charge >= 0.3 is 0 Å². The lowest BCUT2D eigenvalue weighted by atomic mass is 9.81. The maximum Gasteiger partial charge on any atom is 0.243 e. The number of aryl methyl sites for hydroxylation is 1. The average Bonchev–Trinajstić information content (AvgIpc) is 2.87. The Morgan fingerprint density at radius 1 is 1.27 bits per heavy atom. The molecule has 0 aliphatic carbocycles. The molecule has 1 aromatic carbocycles. The van der Waals surface area contributed by atoms with Crippen molar-refractivity contribution in [3.63, 3.8) is 0 Å². The highest BCUT2D eigenvalue weighted by molar-refractivity contribution is 7.89. The van der Waals surface area contributed by atoms with Crippen LogP contribution in [0.3, 0.4) is 0 Å². The van der Waals surface area contributed by atoms with Crippen molar-refractivity contribution in [2.45, 2.75) is 38.1 Å². The topological polar surface area (TPSA) is 81.9 Å². The second-order valence-electron chi connectivity index (χ2n) is 6.69. The summed E-state index contributed by atoms with van der Waals surface area (Å²) in [5.74, 6) is 1.08. The number of benzene rings is 1. The van der Waals surface area contributed by atoms with Crippen LogP contribution in [0.4, 0.5) is 0 Å². The maximum absolute atomic E-state index is 13.0. The van der Waals surface area contributed by atoms with Gasteiger partial charge in [0.1, 0.15) is 0 Å². The molecule has 0 saturated carbocycles. The number of nitrogens with two attached hydrogens (primary N) is 1. The molecular formula is C15H22N2O4S. The summed E-state index contributed by atoms with van der Waals surface area (Å²) in [7, 11) is -3.57. The summed E-state index contributed by atoms with van der Waals surface area (Å²) in [6.45, 7) is 6.78. The molecule has 6 nitrogen and oxygen atoms in total. The summed E-state index contributed by atoms with van der Waals surface area (Å²) >= 11 is 0. The van der Waals surface area contributed by atoms with E-state index in [0.717, 1.165) is 0 Å². The molecule has 1 fully saturated rings. The van der Waals surface area contributed by atoms with Gasteiger partial charge in [0.25, 0.3) is 0 Å². The van der Waals surface area contributed by atoms with Gasteiger partial charge in [0.05, 0.1) is 4.90 Å². The van der Waals surface area contributed by atoms with E-state index < -0.39 is 10.0 Å². The van der Waals surface area contributed by atoms with E-state index in [-0.39, 0.29) is 23.1 Å². The molecule has 2 N–H and O–H groups in total. The third-order valence-corrected chi connectivity index (χ3v) is 6.55. The van der Waals surface area contributed by atoms with Crippen molar-refractivity contribution in [1.29, 1.82) is 0 Å². The van der Waals surface area contributed by atoms with Crippen LogP contribution in [0.2, 0.25) is 0 Å². The van der Waals surface area contributed by atoms with E-state index in [1.807, 2.05) is 13.8 Å². The van der Waals surface area contributed by atoms with Crippen molar-refractivity contribution >= 4 is 10.0 Å². The molecule has 122 valence electrons. The van der Waals surface area contributed by atoms with Crippen LogP contribution in [0, 0.1) is 12.3 Å². The van der Waals surface area contributed by atoms with Gasteiger partial charge in [-0.15, -0.1) is 0 Å². The van der Waals surface area contributed by atoms with Gasteiger partial charge in [0.2, 0.25) is 16.8 Å². The fraction of sp³-hybridized carbons (Fsp3) is 0.600. The molecule has 0 aromatic heterocycles. The highest BCUT2D eigenvalue weighted by Crippen LogP contribution is 2.38. The van der Waals surface area contributed by atoms with Crippen LogP contribution in [0.25, 0.3) is 0 Å². The summed E-state index contributed by atoms with van der Waals surface area (Å²) in [4.78, 5) is 0.281. The minimum Gasteiger partial charge on any atom is -0.454 e. The molecule has 1 aromatic rings. The van der Waals surface area contributed by atoms with Gasteiger partial charge in [-0.2, -0.15) is 4.31 Å². The molecule has 0 spiro atoms. The van der Waals surface area contributed by atoms with E-state index in [1.165, 1.54) is 4.31 Å². The molecule has 0 bridgehead atoms. The van der Waals surface area contributed by atoms with Crippen molar-refractivity contribution < 1.29 is 17.9 Å². The predicted octanol–water partition coefficient (Wildman–Crippen LogP) is 1.47. The van der Waals surface area contributed by atoms with E-state index in [4.69, 9.17) is 15.2 Å². The Bertz CT molecular complexity index is 700. The van der Waals surface area contributed by atoms with Crippen molar-refractivity contribution in [3.05, 3.63) is 17.7 Å². The fourth-order valence-electron chi connectivity index (χ4n) is 2.97. The molecule has 2 heterocycles. The first kappa shape index (κ1) is 15.6. The highest BCUT2D eigenvalue weighted by Gasteiger charge is 2.39. The standard InChI is InChI=1S/C15H22N2O4S/c1-10-6-11-12(21-9-20-11)7-13(10)22(18,19)17-5-4-14(16)15(2,3)8-17/h6-7,14H,4-5,8-9,16H2,1-3H3. The highest BCUT2D eigenvalue weighted by atomic mass is 32.2. The molecule has 0 amide bonds. The molecule has 2 aliphatic heterocycles. The number of piperidine rings is 1. The van der Waals surface area contributed by atoms with E-state index in [0.29, 0.717) is 36.6 Å². The first-order chi connectivity index (χ1) is 10.2. The lowest BCUT2D eigenvalue weighted by Gasteiger charge is -2.41. The minimum absolute atomic E-state index is 0.0109. The molecule has 1 atom stereocenters. The number of nitrogens with zero attached hydrogens (tertiary/aromatic N) is 1. The zero-order chi connectivity index (χ0) is 16.1. The molecule has 0 radical (unpaired) electrons. The molecule has 1 saturated heterocycles. The van der Waals surface area contributed by atoms with E-state index in [1.54, 1.807) is 19.1 Å². The normalized spacial score (nSPS) is 24.5. The van der Waals surface area contributed by atoms with Gasteiger partial charge in [-0.3, -0.25) is 0 Å². The van der Waals surface area contributed by atoms with Crippen molar-refractivity contribution in [2.75, 3.05) is 19.9 Å². The van der Waals surface area contributed by atoms with Crippen LogP contribution in [0.5, 0.6) is 11.5 Å². The number of rotatable bonds is 2. The lowest BCUT2D eigenvalue weighted by Crippen LogP contribution is -2.53. The lowest BCUT2D eigenvalue weighted by molar-refractivity contribution is 0.155. The molecule has 1 unspecified atom stereocenters. The van der Waals surface area contributed by atoms with Crippen LogP contribution in [0.1, 0.15) is 25.8 Å². The van der Waals surface area contributed by atoms with Gasteiger partial charge in [0.15, 0.2) is 11.5 Å². The van der Waals surface area contributed by atoms with E-state index in [2.05, 4.69) is 0 Å². The number of hydrogen-bond donors (Lipinski definition) is 1. The summed E-state index contributed by atoms with van der Waals surface area (Å²) < 4.78 is 38.1. The van der Waals surface area contributed by atoms with Crippen molar-refractivity contribution in [3.8, 4) is 11.5 Å². The Kier molecular flexibility index (Phi) is 3.62. The molecule has 22 heavy (non-hydrogen) atoms. The van der Waals surface area contributed by atoms with Crippen LogP contribution >= 0.6 is 0 Å². The first-order valence-corrected chi connectivity index (χ1v) is 8.82. The van der Waals surface area contributed by atoms with E-state index >= 15 is 0 Å². The largest absolute Gasteiger partial charge is 0.454 e. The third kappa shape index (κ3) is 2.47. The average molecular weight is 326 g/mol. The summed E-state index contributed by atoms with van der Waals surface area (Å²) in [5.41, 5.74) is 6.53. The van der Waals surface area contributed by atoms with E-state index in [9.17, 15) is 8.42 Å². The smallest absolute Gasteiger partial charge is 0.243 e. The second-order valence-corrected chi connectivity index (χ2v) is 8.60. The van der Waals surface area contributed by atoms with Gasteiger partial charge in [-0.25, -0.2) is 8.42 Å². The zero-order valence-electron chi connectivity index (χ0n) is 13.1. The van der Waals surface area contributed by atoms with Crippen LogP contribution in [-0.4, -0.2) is 38.6 Å². The first-order valence-electron chi connectivity index (χ1n) is 7.38. The monoisotopic (exact) mass is 326 g/mol. The minimum atomic E-state index is -3.57. The Morgan fingerprint density at radius 3 is 2.55 bits per heavy atom. The van der Waals surface area contributed by atoms with Crippen molar-refractivity contribution in [1.82, 2.24) is 4.31 Å². The quantitative estimate of drug-likeness (QED) is 0.890. The van der Waals surface area contributed by atoms with Gasteiger partial charge < -0.3 is 15.2 Å². The molecular weight excluding hydrogens is 304 g/mol. The molecule has 3 rings (SSSR count).